The molecule has 9 nitrogen and oxygen atoms in total. The molecule has 152 valence electrons. The standard InChI is InChI=1S/C18H23N3O6S/c1-27-15-6-5-13(28(25,26)20-9-3-2-4-10-20)11-14(15)19-16(22)12-21-17(23)7-8-18(21)24/h5-6,11H,2-4,7-10,12H2,1H3,(H,19,22). The zero-order valence-electron chi connectivity index (χ0n) is 15.6. The van der Waals surface area contributed by atoms with Gasteiger partial charge in [-0.05, 0) is 31.0 Å². The van der Waals surface area contributed by atoms with E-state index in [1.165, 1.54) is 29.6 Å². The number of piperidine rings is 1. The highest BCUT2D eigenvalue weighted by Crippen LogP contribution is 2.30. The fraction of sp³-hybridized carbons (Fsp3) is 0.500. The van der Waals surface area contributed by atoms with E-state index in [9.17, 15) is 22.8 Å². The van der Waals surface area contributed by atoms with Crippen molar-refractivity contribution in [1.82, 2.24) is 9.21 Å². The Bertz CT molecular complexity index is 877. The van der Waals surface area contributed by atoms with Gasteiger partial charge >= 0.3 is 0 Å². The Hall–Kier alpha value is -2.46. The molecule has 1 aromatic rings. The third-order valence-electron chi connectivity index (χ3n) is 4.85. The number of imide groups is 1. The first-order valence-electron chi connectivity index (χ1n) is 9.14. The molecule has 0 bridgehead atoms. The fourth-order valence-electron chi connectivity index (χ4n) is 3.33. The van der Waals surface area contributed by atoms with Crippen molar-refractivity contribution in [2.24, 2.45) is 0 Å². The normalized spacial score (nSPS) is 18.4. The van der Waals surface area contributed by atoms with Crippen molar-refractivity contribution in [2.45, 2.75) is 37.0 Å². The van der Waals surface area contributed by atoms with E-state index in [0.29, 0.717) is 13.1 Å². The van der Waals surface area contributed by atoms with Gasteiger partial charge in [0.15, 0.2) is 0 Å². The number of ether oxygens (including phenoxy) is 1. The number of hydrogen-bond acceptors (Lipinski definition) is 6. The first kappa shape index (κ1) is 20.3. The second kappa shape index (κ2) is 8.27. The monoisotopic (exact) mass is 409 g/mol. The van der Waals surface area contributed by atoms with Gasteiger partial charge in [0, 0.05) is 25.9 Å². The second-order valence-corrected chi connectivity index (χ2v) is 8.69. The Morgan fingerprint density at radius 1 is 1.11 bits per heavy atom. The van der Waals surface area contributed by atoms with E-state index in [0.717, 1.165) is 24.2 Å². The van der Waals surface area contributed by atoms with E-state index in [-0.39, 0.29) is 29.2 Å². The van der Waals surface area contributed by atoms with Gasteiger partial charge in [0.05, 0.1) is 17.7 Å². The largest absolute Gasteiger partial charge is 0.495 e. The molecule has 3 rings (SSSR count). The Morgan fingerprint density at radius 2 is 1.75 bits per heavy atom. The molecule has 28 heavy (non-hydrogen) atoms. The van der Waals surface area contributed by atoms with Crippen LogP contribution in [0.1, 0.15) is 32.1 Å². The Morgan fingerprint density at radius 3 is 2.36 bits per heavy atom. The van der Waals surface area contributed by atoms with Crippen molar-refractivity contribution in [3.05, 3.63) is 18.2 Å². The third-order valence-corrected chi connectivity index (χ3v) is 6.75. The van der Waals surface area contributed by atoms with Crippen molar-refractivity contribution in [3.8, 4) is 5.75 Å². The molecule has 10 heteroatoms. The number of methoxy groups -OCH3 is 1. The van der Waals surface area contributed by atoms with Crippen molar-refractivity contribution in [1.29, 1.82) is 0 Å². The molecule has 1 aromatic carbocycles. The number of benzene rings is 1. The maximum Gasteiger partial charge on any atom is 0.244 e. The number of likely N-dealkylation sites (tertiary alicyclic amines) is 1. The summed E-state index contributed by atoms with van der Waals surface area (Å²) in [7, 11) is -2.28. The van der Waals surface area contributed by atoms with E-state index in [1.54, 1.807) is 0 Å². The summed E-state index contributed by atoms with van der Waals surface area (Å²) in [5.74, 6) is -1.11. The summed E-state index contributed by atoms with van der Waals surface area (Å²) in [4.78, 5) is 36.6. The molecule has 0 aromatic heterocycles. The summed E-state index contributed by atoms with van der Waals surface area (Å²) in [6.45, 7) is 0.522. The summed E-state index contributed by atoms with van der Waals surface area (Å²) in [6.07, 6.45) is 2.83. The summed E-state index contributed by atoms with van der Waals surface area (Å²) < 4.78 is 32.4. The Kier molecular flexibility index (Phi) is 5.99. The lowest BCUT2D eigenvalue weighted by atomic mass is 10.2. The number of hydrogen-bond donors (Lipinski definition) is 1. The third kappa shape index (κ3) is 4.17. The number of nitrogens with one attached hydrogen (secondary N) is 1. The quantitative estimate of drug-likeness (QED) is 0.700. The van der Waals surface area contributed by atoms with Gasteiger partial charge in [-0.15, -0.1) is 0 Å². The average molecular weight is 409 g/mol. The number of sulfonamides is 1. The first-order valence-corrected chi connectivity index (χ1v) is 10.6. The smallest absolute Gasteiger partial charge is 0.244 e. The minimum atomic E-state index is -3.68. The molecular weight excluding hydrogens is 386 g/mol. The lowest BCUT2D eigenvalue weighted by Crippen LogP contribution is -2.37. The van der Waals surface area contributed by atoms with Crippen LogP contribution in [-0.2, 0) is 24.4 Å². The van der Waals surface area contributed by atoms with Gasteiger partial charge in [-0.3, -0.25) is 19.3 Å². The van der Waals surface area contributed by atoms with Crippen LogP contribution in [0, 0.1) is 0 Å². The zero-order chi connectivity index (χ0) is 20.3. The van der Waals surface area contributed by atoms with E-state index < -0.39 is 34.3 Å². The van der Waals surface area contributed by atoms with Crippen LogP contribution in [0.2, 0.25) is 0 Å². The van der Waals surface area contributed by atoms with Gasteiger partial charge in [-0.1, -0.05) is 6.42 Å². The summed E-state index contributed by atoms with van der Waals surface area (Å²) >= 11 is 0. The first-order chi connectivity index (χ1) is 13.3. The van der Waals surface area contributed by atoms with Crippen LogP contribution in [0.3, 0.4) is 0 Å². The highest BCUT2D eigenvalue weighted by atomic mass is 32.2. The predicted octanol–water partition coefficient (Wildman–Crippen LogP) is 0.957. The van der Waals surface area contributed by atoms with Crippen LogP contribution < -0.4 is 10.1 Å². The van der Waals surface area contributed by atoms with E-state index in [2.05, 4.69) is 5.32 Å². The fourth-order valence-corrected chi connectivity index (χ4v) is 4.88. The summed E-state index contributed by atoms with van der Waals surface area (Å²) in [5, 5.41) is 2.55. The zero-order valence-corrected chi connectivity index (χ0v) is 16.5. The second-order valence-electron chi connectivity index (χ2n) is 6.75. The molecule has 2 heterocycles. The van der Waals surface area contributed by atoms with Crippen LogP contribution in [-0.4, -0.2) is 62.1 Å². The van der Waals surface area contributed by atoms with Crippen LogP contribution >= 0.6 is 0 Å². The molecule has 0 saturated carbocycles. The molecule has 1 N–H and O–H groups in total. The molecule has 2 saturated heterocycles. The van der Waals surface area contributed by atoms with Crippen LogP contribution in [0.5, 0.6) is 5.75 Å². The van der Waals surface area contributed by atoms with Gasteiger partial charge in [0.1, 0.15) is 12.3 Å². The lowest BCUT2D eigenvalue weighted by molar-refractivity contribution is -0.141. The molecule has 0 aliphatic carbocycles. The Labute approximate surface area is 163 Å². The van der Waals surface area contributed by atoms with Gasteiger partial charge in [0.2, 0.25) is 27.7 Å². The molecule has 0 unspecified atom stereocenters. The minimum absolute atomic E-state index is 0.0545. The molecule has 0 radical (unpaired) electrons. The van der Waals surface area contributed by atoms with Gasteiger partial charge in [-0.2, -0.15) is 4.31 Å². The highest BCUT2D eigenvalue weighted by molar-refractivity contribution is 7.89. The van der Waals surface area contributed by atoms with Crippen molar-refractivity contribution in [2.75, 3.05) is 32.1 Å². The van der Waals surface area contributed by atoms with Crippen molar-refractivity contribution < 1.29 is 27.5 Å². The maximum absolute atomic E-state index is 12.9. The molecular formula is C18H23N3O6S. The van der Waals surface area contributed by atoms with Crippen LogP contribution in [0.15, 0.2) is 23.1 Å². The van der Waals surface area contributed by atoms with E-state index in [4.69, 9.17) is 4.74 Å². The molecule has 0 spiro atoms. The van der Waals surface area contributed by atoms with Gasteiger partial charge < -0.3 is 10.1 Å². The molecule has 0 atom stereocenters. The number of anilines is 1. The van der Waals surface area contributed by atoms with Crippen molar-refractivity contribution >= 4 is 33.4 Å². The number of rotatable bonds is 6. The van der Waals surface area contributed by atoms with Gasteiger partial charge in [-0.25, -0.2) is 8.42 Å². The number of carbonyl (C=O) groups excluding carboxylic acids is 3. The van der Waals surface area contributed by atoms with Crippen LogP contribution in [0.4, 0.5) is 5.69 Å². The van der Waals surface area contributed by atoms with Gasteiger partial charge in [0.25, 0.3) is 0 Å². The predicted molar refractivity (Wildman–Crippen MR) is 100 cm³/mol. The van der Waals surface area contributed by atoms with E-state index >= 15 is 0 Å². The molecule has 2 fully saturated rings. The number of carbonyl (C=O) groups is 3. The average Bonchev–Trinajstić information content (AvgIpc) is 3.00. The van der Waals surface area contributed by atoms with Crippen LogP contribution in [0.25, 0.3) is 0 Å². The number of nitrogens with zero attached hydrogens (tertiary/aromatic N) is 2. The maximum atomic E-state index is 12.9. The molecule has 3 amide bonds. The molecule has 2 aliphatic heterocycles. The lowest BCUT2D eigenvalue weighted by Gasteiger charge is -2.26. The summed E-state index contributed by atoms with van der Waals surface area (Å²) in [6, 6.07) is 4.25. The van der Waals surface area contributed by atoms with E-state index in [1.807, 2.05) is 0 Å². The van der Waals surface area contributed by atoms with Crippen molar-refractivity contribution in [3.63, 3.8) is 0 Å². The SMILES string of the molecule is COc1ccc(S(=O)(=O)N2CCCCC2)cc1NC(=O)CN1C(=O)CCC1=O. The highest BCUT2D eigenvalue weighted by Gasteiger charge is 2.31. The molecule has 2 aliphatic rings. The number of amides is 3. The Balaban J connectivity index is 1.80. The topological polar surface area (TPSA) is 113 Å². The minimum Gasteiger partial charge on any atom is -0.495 e. The summed E-state index contributed by atoms with van der Waals surface area (Å²) in [5.41, 5.74) is 0.171.